The molecule has 2 N–H and O–H groups in total. The standard InChI is InChI=1S/C20H23N5/c1-14-17(15(2)25(23-14)20-10-3-4-11-22-20)13-24-12-6-7-16-18(21)8-5-9-19(16)24/h3-5,8-11H,6-7,12-13,21H2,1-2H3. The average Bonchev–Trinajstić information content (AvgIpc) is 2.91. The van der Waals surface area contributed by atoms with Gasteiger partial charge >= 0.3 is 0 Å². The molecule has 0 bridgehead atoms. The third-order valence-corrected chi connectivity index (χ3v) is 5.04. The molecule has 25 heavy (non-hydrogen) atoms. The number of nitrogens with two attached hydrogens (primary N) is 1. The maximum Gasteiger partial charge on any atom is 0.153 e. The monoisotopic (exact) mass is 333 g/mol. The Labute approximate surface area is 148 Å². The summed E-state index contributed by atoms with van der Waals surface area (Å²) < 4.78 is 1.94. The lowest BCUT2D eigenvalue weighted by atomic mass is 9.99. The van der Waals surface area contributed by atoms with Crippen LogP contribution < -0.4 is 10.6 Å². The van der Waals surface area contributed by atoms with E-state index >= 15 is 0 Å². The predicted molar refractivity (Wildman–Crippen MR) is 101 cm³/mol. The van der Waals surface area contributed by atoms with Crippen LogP contribution in [0.5, 0.6) is 0 Å². The van der Waals surface area contributed by atoms with E-state index in [-0.39, 0.29) is 0 Å². The molecule has 0 radical (unpaired) electrons. The molecule has 0 unspecified atom stereocenters. The Balaban J connectivity index is 1.69. The number of aryl methyl sites for hydroxylation is 1. The molecule has 2 aromatic heterocycles. The van der Waals surface area contributed by atoms with Crippen molar-refractivity contribution in [3.63, 3.8) is 0 Å². The summed E-state index contributed by atoms with van der Waals surface area (Å²) in [5.74, 6) is 0.859. The molecule has 5 heteroatoms. The largest absolute Gasteiger partial charge is 0.398 e. The summed E-state index contributed by atoms with van der Waals surface area (Å²) in [7, 11) is 0. The minimum atomic E-state index is 0.848. The average molecular weight is 333 g/mol. The van der Waals surface area contributed by atoms with Gasteiger partial charge in [-0.2, -0.15) is 5.10 Å². The van der Waals surface area contributed by atoms with E-state index in [0.717, 1.165) is 48.8 Å². The van der Waals surface area contributed by atoms with Crippen LogP contribution in [-0.2, 0) is 13.0 Å². The van der Waals surface area contributed by atoms with Gasteiger partial charge in [0.05, 0.1) is 5.69 Å². The maximum absolute atomic E-state index is 6.19. The fourth-order valence-corrected chi connectivity index (χ4v) is 3.69. The van der Waals surface area contributed by atoms with Gasteiger partial charge in [-0.15, -0.1) is 0 Å². The SMILES string of the molecule is Cc1nn(-c2ccccn2)c(C)c1CN1CCCc2c(N)cccc21. The van der Waals surface area contributed by atoms with Gasteiger partial charge in [-0.25, -0.2) is 9.67 Å². The van der Waals surface area contributed by atoms with Gasteiger partial charge in [0.25, 0.3) is 0 Å². The lowest BCUT2D eigenvalue weighted by Crippen LogP contribution is -2.29. The van der Waals surface area contributed by atoms with Gasteiger partial charge in [-0.1, -0.05) is 12.1 Å². The zero-order valence-electron chi connectivity index (χ0n) is 14.7. The second-order valence-electron chi connectivity index (χ2n) is 6.62. The quantitative estimate of drug-likeness (QED) is 0.746. The Bertz CT molecular complexity index is 898. The van der Waals surface area contributed by atoms with Crippen LogP contribution >= 0.6 is 0 Å². The molecule has 128 valence electrons. The Morgan fingerprint density at radius 3 is 2.80 bits per heavy atom. The molecule has 0 saturated carbocycles. The van der Waals surface area contributed by atoms with Crippen molar-refractivity contribution in [2.45, 2.75) is 33.2 Å². The van der Waals surface area contributed by atoms with Crippen molar-refractivity contribution in [3.8, 4) is 5.82 Å². The minimum absolute atomic E-state index is 0.848. The highest BCUT2D eigenvalue weighted by Crippen LogP contribution is 2.33. The first kappa shape index (κ1) is 15.7. The smallest absolute Gasteiger partial charge is 0.153 e. The molecule has 4 rings (SSSR count). The number of rotatable bonds is 3. The van der Waals surface area contributed by atoms with Gasteiger partial charge in [0.1, 0.15) is 0 Å². The Morgan fingerprint density at radius 1 is 1.12 bits per heavy atom. The van der Waals surface area contributed by atoms with E-state index in [1.165, 1.54) is 16.8 Å². The van der Waals surface area contributed by atoms with Crippen molar-refractivity contribution in [1.82, 2.24) is 14.8 Å². The lowest BCUT2D eigenvalue weighted by molar-refractivity contribution is 0.689. The fraction of sp³-hybridized carbons (Fsp3) is 0.300. The molecular weight excluding hydrogens is 310 g/mol. The number of aromatic nitrogens is 3. The van der Waals surface area contributed by atoms with E-state index in [2.05, 4.69) is 29.8 Å². The number of fused-ring (bicyclic) bond motifs is 1. The highest BCUT2D eigenvalue weighted by atomic mass is 15.3. The van der Waals surface area contributed by atoms with Crippen molar-refractivity contribution in [1.29, 1.82) is 0 Å². The number of nitrogen functional groups attached to an aromatic ring is 1. The molecule has 0 fully saturated rings. The summed E-state index contributed by atoms with van der Waals surface area (Å²) in [6.07, 6.45) is 3.99. The second kappa shape index (κ2) is 6.24. The van der Waals surface area contributed by atoms with Crippen molar-refractivity contribution >= 4 is 11.4 Å². The van der Waals surface area contributed by atoms with E-state index in [0.29, 0.717) is 0 Å². The molecule has 0 spiro atoms. The number of anilines is 2. The third kappa shape index (κ3) is 2.76. The number of benzene rings is 1. The third-order valence-electron chi connectivity index (χ3n) is 5.04. The van der Waals surface area contributed by atoms with Gasteiger partial charge in [-0.3, -0.25) is 0 Å². The minimum Gasteiger partial charge on any atom is -0.398 e. The molecule has 1 aromatic carbocycles. The van der Waals surface area contributed by atoms with E-state index in [1.54, 1.807) is 6.20 Å². The molecule has 0 saturated heterocycles. The van der Waals surface area contributed by atoms with Crippen LogP contribution in [0.1, 0.15) is 28.9 Å². The van der Waals surface area contributed by atoms with Gasteiger partial charge in [-0.05, 0) is 56.5 Å². The zero-order chi connectivity index (χ0) is 17.4. The Morgan fingerprint density at radius 2 is 2.00 bits per heavy atom. The molecule has 0 amide bonds. The van der Waals surface area contributed by atoms with E-state index < -0.39 is 0 Å². The van der Waals surface area contributed by atoms with Crippen LogP contribution in [0.25, 0.3) is 5.82 Å². The summed E-state index contributed by atoms with van der Waals surface area (Å²) in [6.45, 7) is 6.09. The van der Waals surface area contributed by atoms with E-state index in [4.69, 9.17) is 10.8 Å². The van der Waals surface area contributed by atoms with Crippen LogP contribution in [0.3, 0.4) is 0 Å². The Hall–Kier alpha value is -2.82. The molecule has 3 aromatic rings. The summed E-state index contributed by atoms with van der Waals surface area (Å²) in [5.41, 5.74) is 13.1. The normalized spacial score (nSPS) is 13.8. The van der Waals surface area contributed by atoms with Gasteiger partial charge in [0, 0.05) is 41.9 Å². The molecule has 5 nitrogen and oxygen atoms in total. The Kier molecular flexibility index (Phi) is 3.92. The van der Waals surface area contributed by atoms with Crippen LogP contribution in [0.15, 0.2) is 42.6 Å². The number of pyridine rings is 1. The molecule has 1 aliphatic heterocycles. The number of nitrogens with zero attached hydrogens (tertiary/aromatic N) is 4. The van der Waals surface area contributed by atoms with Crippen LogP contribution in [0, 0.1) is 13.8 Å². The van der Waals surface area contributed by atoms with E-state index in [1.807, 2.05) is 35.0 Å². The van der Waals surface area contributed by atoms with Crippen LogP contribution in [0.4, 0.5) is 11.4 Å². The van der Waals surface area contributed by atoms with Crippen molar-refractivity contribution in [2.75, 3.05) is 17.2 Å². The zero-order valence-corrected chi connectivity index (χ0v) is 14.7. The topological polar surface area (TPSA) is 60.0 Å². The first-order chi connectivity index (χ1) is 12.1. The molecular formula is C20H23N5. The number of hydrogen-bond donors (Lipinski definition) is 1. The highest BCUT2D eigenvalue weighted by Gasteiger charge is 2.22. The highest BCUT2D eigenvalue weighted by molar-refractivity contribution is 5.66. The molecule has 0 aliphatic carbocycles. The van der Waals surface area contributed by atoms with Crippen LogP contribution in [-0.4, -0.2) is 21.3 Å². The lowest BCUT2D eigenvalue weighted by Gasteiger charge is -2.32. The first-order valence-electron chi connectivity index (χ1n) is 8.74. The van der Waals surface area contributed by atoms with Crippen LogP contribution in [0.2, 0.25) is 0 Å². The summed E-state index contributed by atoms with van der Waals surface area (Å²) in [6, 6.07) is 12.1. The summed E-state index contributed by atoms with van der Waals surface area (Å²) in [5, 5.41) is 4.72. The van der Waals surface area contributed by atoms with E-state index in [9.17, 15) is 0 Å². The first-order valence-corrected chi connectivity index (χ1v) is 8.74. The fourth-order valence-electron chi connectivity index (χ4n) is 3.69. The maximum atomic E-state index is 6.19. The summed E-state index contributed by atoms with van der Waals surface area (Å²) in [4.78, 5) is 6.85. The molecule has 0 atom stereocenters. The molecule has 1 aliphatic rings. The van der Waals surface area contributed by atoms with Crippen molar-refractivity contribution in [2.24, 2.45) is 0 Å². The predicted octanol–water partition coefficient (Wildman–Crippen LogP) is 3.42. The summed E-state index contributed by atoms with van der Waals surface area (Å²) >= 11 is 0. The molecule has 3 heterocycles. The van der Waals surface area contributed by atoms with Crippen molar-refractivity contribution in [3.05, 3.63) is 65.1 Å². The number of hydrogen-bond acceptors (Lipinski definition) is 4. The second-order valence-corrected chi connectivity index (χ2v) is 6.62. The van der Waals surface area contributed by atoms with Gasteiger partial charge in [0.15, 0.2) is 5.82 Å². The van der Waals surface area contributed by atoms with Crippen molar-refractivity contribution < 1.29 is 0 Å². The van der Waals surface area contributed by atoms with Gasteiger partial charge < -0.3 is 10.6 Å². The van der Waals surface area contributed by atoms with Gasteiger partial charge in [0.2, 0.25) is 0 Å².